The summed E-state index contributed by atoms with van der Waals surface area (Å²) in [6.45, 7) is 0.797. The van der Waals surface area contributed by atoms with Crippen molar-refractivity contribution in [3.05, 3.63) is 64.7 Å². The molecule has 0 fully saturated rings. The molecule has 2 rings (SSSR count). The monoisotopic (exact) mass is 449 g/mol. The standard InChI is InChI=1S/C21H21F6NOS/c1-2-30-19-7-6-15(12-28-13-20(22,23)24)8-16(19)11-18(29)10-14-4-3-5-17(9-14)21(25,26)27/h3-9,28H,2,10-13H2,1H3. The number of alkyl halides is 6. The predicted octanol–water partition coefficient (Wildman–Crippen LogP) is 5.82. The van der Waals surface area contributed by atoms with Gasteiger partial charge in [0.1, 0.15) is 5.78 Å². The van der Waals surface area contributed by atoms with Gasteiger partial charge < -0.3 is 5.32 Å². The molecule has 0 amide bonds. The maximum absolute atomic E-state index is 12.8. The molecule has 164 valence electrons. The number of nitrogens with one attached hydrogen (secondary N) is 1. The second kappa shape index (κ2) is 10.3. The minimum absolute atomic E-state index is 0.00824. The average molecular weight is 449 g/mol. The molecule has 0 radical (unpaired) electrons. The Morgan fingerprint density at radius 2 is 1.70 bits per heavy atom. The van der Waals surface area contributed by atoms with Crippen LogP contribution in [0.1, 0.15) is 29.2 Å². The highest BCUT2D eigenvalue weighted by Gasteiger charge is 2.30. The molecule has 0 saturated carbocycles. The molecule has 0 atom stereocenters. The van der Waals surface area contributed by atoms with Crippen LogP contribution in [0.5, 0.6) is 0 Å². The summed E-state index contributed by atoms with van der Waals surface area (Å²) in [4.78, 5) is 13.3. The Morgan fingerprint density at radius 3 is 2.33 bits per heavy atom. The average Bonchev–Trinajstić information content (AvgIpc) is 2.62. The van der Waals surface area contributed by atoms with Crippen LogP contribution in [0.4, 0.5) is 26.3 Å². The molecule has 1 N–H and O–H groups in total. The fraction of sp³-hybridized carbons (Fsp3) is 0.381. The van der Waals surface area contributed by atoms with E-state index in [0.29, 0.717) is 11.1 Å². The molecule has 0 aliphatic carbocycles. The van der Waals surface area contributed by atoms with Crippen LogP contribution in [-0.4, -0.2) is 24.3 Å². The number of hydrogen-bond donors (Lipinski definition) is 1. The van der Waals surface area contributed by atoms with E-state index < -0.39 is 24.5 Å². The molecule has 0 aliphatic rings. The summed E-state index contributed by atoms with van der Waals surface area (Å²) >= 11 is 1.49. The van der Waals surface area contributed by atoms with E-state index in [4.69, 9.17) is 0 Å². The molecule has 0 saturated heterocycles. The van der Waals surface area contributed by atoms with Crippen LogP contribution in [-0.2, 0) is 30.4 Å². The zero-order chi connectivity index (χ0) is 22.4. The number of carbonyl (C=O) groups is 1. The number of Topliss-reactive ketones (excluding diaryl/α,β-unsaturated/α-hetero) is 1. The lowest BCUT2D eigenvalue weighted by atomic mass is 10.00. The molecule has 0 heterocycles. The molecular weight excluding hydrogens is 428 g/mol. The summed E-state index contributed by atoms with van der Waals surface area (Å²) < 4.78 is 75.4. The molecule has 2 aromatic carbocycles. The quantitative estimate of drug-likeness (QED) is 0.386. The first-order valence-electron chi connectivity index (χ1n) is 9.18. The minimum atomic E-state index is -4.48. The maximum atomic E-state index is 12.8. The zero-order valence-electron chi connectivity index (χ0n) is 16.2. The van der Waals surface area contributed by atoms with Gasteiger partial charge in [-0.1, -0.05) is 37.3 Å². The van der Waals surface area contributed by atoms with E-state index in [9.17, 15) is 31.1 Å². The van der Waals surface area contributed by atoms with Crippen molar-refractivity contribution >= 4 is 17.5 Å². The molecule has 0 aliphatic heterocycles. The fourth-order valence-electron chi connectivity index (χ4n) is 2.89. The lowest BCUT2D eigenvalue weighted by Gasteiger charge is -2.13. The highest BCUT2D eigenvalue weighted by molar-refractivity contribution is 7.99. The van der Waals surface area contributed by atoms with Crippen LogP contribution in [0.2, 0.25) is 0 Å². The lowest BCUT2D eigenvalue weighted by Crippen LogP contribution is -2.28. The van der Waals surface area contributed by atoms with Crippen molar-refractivity contribution in [2.45, 2.75) is 43.6 Å². The largest absolute Gasteiger partial charge is 0.416 e. The maximum Gasteiger partial charge on any atom is 0.416 e. The van der Waals surface area contributed by atoms with Gasteiger partial charge in [0.05, 0.1) is 12.1 Å². The van der Waals surface area contributed by atoms with E-state index in [2.05, 4.69) is 5.32 Å². The summed E-state index contributed by atoms with van der Waals surface area (Å²) in [6, 6.07) is 9.75. The Bertz CT molecular complexity index is 863. The molecule has 0 spiro atoms. The van der Waals surface area contributed by atoms with E-state index in [1.807, 2.05) is 6.92 Å². The Hall–Kier alpha value is -2.00. The van der Waals surface area contributed by atoms with Crippen molar-refractivity contribution in [3.8, 4) is 0 Å². The first-order chi connectivity index (χ1) is 14.0. The Balaban J connectivity index is 2.11. The van der Waals surface area contributed by atoms with Crippen LogP contribution >= 0.6 is 11.8 Å². The van der Waals surface area contributed by atoms with Crippen LogP contribution in [0.15, 0.2) is 47.4 Å². The number of benzene rings is 2. The molecule has 0 aromatic heterocycles. The molecular formula is C21H21F6NOS. The van der Waals surface area contributed by atoms with Crippen molar-refractivity contribution in [1.29, 1.82) is 0 Å². The second-order valence-electron chi connectivity index (χ2n) is 6.68. The van der Waals surface area contributed by atoms with E-state index in [1.165, 1.54) is 23.9 Å². The van der Waals surface area contributed by atoms with Gasteiger partial charge in [-0.2, -0.15) is 26.3 Å². The highest BCUT2D eigenvalue weighted by Crippen LogP contribution is 2.30. The van der Waals surface area contributed by atoms with Crippen LogP contribution < -0.4 is 5.32 Å². The Morgan fingerprint density at radius 1 is 0.967 bits per heavy atom. The normalized spacial score (nSPS) is 12.2. The van der Waals surface area contributed by atoms with Crippen molar-refractivity contribution in [1.82, 2.24) is 5.32 Å². The van der Waals surface area contributed by atoms with Gasteiger partial charge >= 0.3 is 12.4 Å². The fourth-order valence-corrected chi connectivity index (χ4v) is 3.68. The Labute approximate surface area is 175 Å². The van der Waals surface area contributed by atoms with Gasteiger partial charge in [-0.05, 0) is 34.6 Å². The molecule has 0 bridgehead atoms. The topological polar surface area (TPSA) is 29.1 Å². The smallest absolute Gasteiger partial charge is 0.305 e. The van der Waals surface area contributed by atoms with E-state index >= 15 is 0 Å². The number of rotatable bonds is 9. The van der Waals surface area contributed by atoms with Gasteiger partial charge in [0.25, 0.3) is 0 Å². The first-order valence-corrected chi connectivity index (χ1v) is 10.2. The third-order valence-electron chi connectivity index (χ3n) is 4.12. The van der Waals surface area contributed by atoms with Crippen molar-refractivity contribution < 1.29 is 31.1 Å². The second-order valence-corrected chi connectivity index (χ2v) is 7.99. The minimum Gasteiger partial charge on any atom is -0.305 e. The lowest BCUT2D eigenvalue weighted by molar-refractivity contribution is -0.137. The van der Waals surface area contributed by atoms with Gasteiger partial charge in [-0.15, -0.1) is 11.8 Å². The van der Waals surface area contributed by atoms with Crippen LogP contribution in [0, 0.1) is 0 Å². The van der Waals surface area contributed by atoms with Gasteiger partial charge in [-0.3, -0.25) is 4.79 Å². The highest BCUT2D eigenvalue weighted by atomic mass is 32.2. The van der Waals surface area contributed by atoms with Crippen molar-refractivity contribution in [2.24, 2.45) is 0 Å². The summed E-state index contributed by atoms with van der Waals surface area (Å²) in [5.74, 6) is 0.466. The van der Waals surface area contributed by atoms with E-state index in [0.717, 1.165) is 22.8 Å². The summed E-state index contributed by atoms with van der Waals surface area (Å²) in [7, 11) is 0. The number of carbonyl (C=O) groups excluding carboxylic acids is 1. The number of ketones is 1. The molecule has 30 heavy (non-hydrogen) atoms. The van der Waals surface area contributed by atoms with E-state index in [1.54, 1.807) is 18.2 Å². The molecule has 9 heteroatoms. The Kier molecular flexibility index (Phi) is 8.37. The molecule has 2 aromatic rings. The van der Waals surface area contributed by atoms with Gasteiger partial charge in [0, 0.05) is 24.3 Å². The number of thioether (sulfide) groups is 1. The summed E-state index contributed by atoms with van der Waals surface area (Å²) in [5, 5.41) is 2.31. The first kappa shape index (κ1) is 24.3. The SMILES string of the molecule is CCSc1ccc(CNCC(F)(F)F)cc1CC(=O)Cc1cccc(C(F)(F)F)c1. The van der Waals surface area contributed by atoms with Crippen LogP contribution in [0.25, 0.3) is 0 Å². The summed E-state index contributed by atoms with van der Waals surface area (Å²) in [5.41, 5.74) is 0.710. The van der Waals surface area contributed by atoms with E-state index in [-0.39, 0.29) is 30.7 Å². The van der Waals surface area contributed by atoms with Gasteiger partial charge in [0.15, 0.2) is 0 Å². The predicted molar refractivity (Wildman–Crippen MR) is 104 cm³/mol. The van der Waals surface area contributed by atoms with Gasteiger partial charge in [-0.25, -0.2) is 0 Å². The summed E-state index contributed by atoms with van der Waals surface area (Å²) in [6.07, 6.45) is -8.97. The number of hydrogen-bond acceptors (Lipinski definition) is 3. The van der Waals surface area contributed by atoms with Crippen molar-refractivity contribution in [3.63, 3.8) is 0 Å². The number of halogens is 6. The molecule has 0 unspecified atom stereocenters. The molecule has 2 nitrogen and oxygen atoms in total. The third kappa shape index (κ3) is 8.02. The third-order valence-corrected chi connectivity index (χ3v) is 5.12. The zero-order valence-corrected chi connectivity index (χ0v) is 17.0. The van der Waals surface area contributed by atoms with Crippen molar-refractivity contribution in [2.75, 3.05) is 12.3 Å². The van der Waals surface area contributed by atoms with Crippen LogP contribution in [0.3, 0.4) is 0 Å². The van der Waals surface area contributed by atoms with Gasteiger partial charge in [0.2, 0.25) is 0 Å².